The second-order valence-electron chi connectivity index (χ2n) is 21.3. The minimum absolute atomic E-state index is 0.0377. The Balaban J connectivity index is 1.78. The highest BCUT2D eigenvalue weighted by molar-refractivity contribution is 6.34. The molecule has 0 saturated carbocycles. The van der Waals surface area contributed by atoms with Gasteiger partial charge in [-0.15, -0.1) is 0 Å². The van der Waals surface area contributed by atoms with Crippen molar-refractivity contribution in [1.29, 1.82) is 0 Å². The van der Waals surface area contributed by atoms with Crippen molar-refractivity contribution in [3.05, 3.63) is 167 Å². The van der Waals surface area contributed by atoms with E-state index < -0.39 is 0 Å². The van der Waals surface area contributed by atoms with Crippen molar-refractivity contribution < 1.29 is 0 Å². The summed E-state index contributed by atoms with van der Waals surface area (Å²) in [5, 5.41) is 7.93. The summed E-state index contributed by atoms with van der Waals surface area (Å²) in [7, 11) is 0. The van der Waals surface area contributed by atoms with Crippen molar-refractivity contribution in [2.45, 2.75) is 131 Å². The van der Waals surface area contributed by atoms with Crippen molar-refractivity contribution in [2.75, 3.05) is 0 Å². The molecule has 62 heavy (non-hydrogen) atoms. The number of rotatable bonds is 8. The molecule has 0 radical (unpaired) electrons. The average Bonchev–Trinajstić information content (AvgIpc) is 3.23. The standard InChI is InChI=1S/C62H68/c1-37(2)47-33-51-53(35-49(47)39(5)6)57(43-25-29-45(30-26-43)61(9,10)11)60-56(42-23-19-16-20-24-42)52-34-48(38(3)4)50(40(7)8)36-54(52)58(44-27-31-46(32-28-44)62(12,13)14)59(60)55(51)41-21-17-15-18-22-41/h15-40H,1-14H3. The van der Waals surface area contributed by atoms with Crippen molar-refractivity contribution in [2.24, 2.45) is 0 Å². The lowest BCUT2D eigenvalue weighted by atomic mass is 9.74. The normalized spacial score (nSPS) is 12.6. The highest BCUT2D eigenvalue weighted by Gasteiger charge is 2.29. The topological polar surface area (TPSA) is 0 Å². The number of hydrogen-bond donors (Lipinski definition) is 0. The summed E-state index contributed by atoms with van der Waals surface area (Å²) in [6.45, 7) is 32.8. The summed E-state index contributed by atoms with van der Waals surface area (Å²) in [5.41, 5.74) is 18.8. The van der Waals surface area contributed by atoms with Gasteiger partial charge in [0.25, 0.3) is 0 Å². The highest BCUT2D eigenvalue weighted by Crippen LogP contribution is 2.55. The Morgan fingerprint density at radius 3 is 0.726 bits per heavy atom. The summed E-state index contributed by atoms with van der Waals surface area (Å²) in [5.74, 6) is 1.48. The largest absolute Gasteiger partial charge is 0.0622 e. The number of fused-ring (bicyclic) bond motifs is 3. The molecule has 0 fully saturated rings. The van der Waals surface area contributed by atoms with Gasteiger partial charge in [-0.05, 0) is 169 Å². The fourth-order valence-electron chi connectivity index (χ4n) is 10.1. The third-order valence-corrected chi connectivity index (χ3v) is 13.5. The molecular weight excluding hydrogens is 745 g/mol. The Labute approximate surface area is 373 Å². The SMILES string of the molecule is CC(C)c1cc2c(-c3ccccc3)c3c(-c4ccc(C(C)(C)C)cc4)c4cc(C(C)C)c(C(C)C)cc4c(-c4ccccc4)c3c(-c3ccc(C(C)(C)C)cc3)c2cc1C(C)C. The van der Waals surface area contributed by atoms with E-state index in [9.17, 15) is 0 Å². The second kappa shape index (κ2) is 16.3. The van der Waals surface area contributed by atoms with Gasteiger partial charge in [0.2, 0.25) is 0 Å². The Bertz CT molecular complexity index is 2700. The predicted octanol–water partition coefficient (Wildman–Crippen LogP) is 18.9. The second-order valence-corrected chi connectivity index (χ2v) is 21.3. The fourth-order valence-corrected chi connectivity index (χ4v) is 10.1. The van der Waals surface area contributed by atoms with E-state index in [2.05, 4.69) is 230 Å². The lowest BCUT2D eigenvalue weighted by Crippen LogP contribution is -2.10. The van der Waals surface area contributed by atoms with Crippen molar-refractivity contribution in [3.63, 3.8) is 0 Å². The van der Waals surface area contributed by atoms with E-state index in [4.69, 9.17) is 0 Å². The van der Waals surface area contributed by atoms with Crippen LogP contribution in [0.1, 0.15) is 154 Å². The van der Waals surface area contributed by atoms with Crippen LogP contribution in [0.2, 0.25) is 0 Å². The fraction of sp³-hybridized carbons (Fsp3) is 0.323. The van der Waals surface area contributed by atoms with Crippen LogP contribution in [0.5, 0.6) is 0 Å². The van der Waals surface area contributed by atoms with Gasteiger partial charge in [0.15, 0.2) is 0 Å². The molecule has 0 N–H and O–H groups in total. The van der Waals surface area contributed by atoms with E-state index in [0.717, 1.165) is 0 Å². The van der Waals surface area contributed by atoms with E-state index in [1.165, 1.54) is 110 Å². The van der Waals surface area contributed by atoms with Gasteiger partial charge < -0.3 is 0 Å². The third kappa shape index (κ3) is 7.69. The molecule has 0 saturated heterocycles. The zero-order valence-corrected chi connectivity index (χ0v) is 40.0. The zero-order valence-electron chi connectivity index (χ0n) is 40.0. The van der Waals surface area contributed by atoms with E-state index >= 15 is 0 Å². The van der Waals surface area contributed by atoms with Crippen LogP contribution in [0.25, 0.3) is 76.8 Å². The van der Waals surface area contributed by atoms with Gasteiger partial charge in [-0.1, -0.05) is 206 Å². The molecule has 0 aromatic heterocycles. The maximum Gasteiger partial charge on any atom is -0.000139 e. The molecule has 0 heterocycles. The molecule has 8 aromatic carbocycles. The molecule has 0 heteroatoms. The molecule has 0 aliphatic rings. The average molecular weight is 813 g/mol. The summed E-state index contributed by atoms with van der Waals surface area (Å²) in [6.07, 6.45) is 0. The minimum atomic E-state index is 0.0377. The van der Waals surface area contributed by atoms with Crippen LogP contribution in [0, 0.1) is 0 Å². The number of benzene rings is 8. The Kier molecular flexibility index (Phi) is 11.4. The van der Waals surface area contributed by atoms with Gasteiger partial charge in [-0.25, -0.2) is 0 Å². The van der Waals surface area contributed by atoms with E-state index in [-0.39, 0.29) is 10.8 Å². The van der Waals surface area contributed by atoms with Gasteiger partial charge in [0.05, 0.1) is 0 Å². The summed E-state index contributed by atoms with van der Waals surface area (Å²) in [6, 6.07) is 52.1. The lowest BCUT2D eigenvalue weighted by molar-refractivity contribution is 0.590. The van der Waals surface area contributed by atoms with Crippen LogP contribution in [0.4, 0.5) is 0 Å². The Hall–Kier alpha value is -5.46. The van der Waals surface area contributed by atoms with Crippen LogP contribution in [0.3, 0.4) is 0 Å². The van der Waals surface area contributed by atoms with Crippen LogP contribution in [0.15, 0.2) is 133 Å². The monoisotopic (exact) mass is 813 g/mol. The Morgan fingerprint density at radius 2 is 0.516 bits per heavy atom. The zero-order chi connectivity index (χ0) is 44.4. The summed E-state index contributed by atoms with van der Waals surface area (Å²) < 4.78 is 0. The van der Waals surface area contributed by atoms with Gasteiger partial charge in [0, 0.05) is 0 Å². The molecule has 0 spiro atoms. The highest BCUT2D eigenvalue weighted by atomic mass is 14.3. The lowest BCUT2D eigenvalue weighted by Gasteiger charge is -2.29. The van der Waals surface area contributed by atoms with Gasteiger partial charge in [-0.2, -0.15) is 0 Å². The van der Waals surface area contributed by atoms with E-state index in [0.29, 0.717) is 23.7 Å². The quantitative estimate of drug-likeness (QED) is 0.134. The van der Waals surface area contributed by atoms with Gasteiger partial charge in [-0.3, -0.25) is 0 Å². The van der Waals surface area contributed by atoms with Gasteiger partial charge >= 0.3 is 0 Å². The summed E-state index contributed by atoms with van der Waals surface area (Å²) >= 11 is 0. The molecule has 0 aliphatic carbocycles. The maximum absolute atomic E-state index is 2.59. The molecule has 0 amide bonds. The van der Waals surface area contributed by atoms with Crippen LogP contribution in [-0.2, 0) is 10.8 Å². The van der Waals surface area contributed by atoms with E-state index in [1.807, 2.05) is 0 Å². The molecule has 0 bridgehead atoms. The van der Waals surface area contributed by atoms with Crippen molar-refractivity contribution in [3.8, 4) is 44.5 Å². The van der Waals surface area contributed by atoms with Crippen LogP contribution in [-0.4, -0.2) is 0 Å². The molecule has 0 aliphatic heterocycles. The van der Waals surface area contributed by atoms with Gasteiger partial charge in [0.1, 0.15) is 0 Å². The summed E-state index contributed by atoms with van der Waals surface area (Å²) in [4.78, 5) is 0. The molecule has 0 atom stereocenters. The third-order valence-electron chi connectivity index (χ3n) is 13.5. The molecule has 316 valence electrons. The molecule has 0 nitrogen and oxygen atoms in total. The van der Waals surface area contributed by atoms with Crippen molar-refractivity contribution >= 4 is 32.3 Å². The number of hydrogen-bond acceptors (Lipinski definition) is 0. The van der Waals surface area contributed by atoms with Crippen molar-refractivity contribution in [1.82, 2.24) is 0 Å². The maximum atomic E-state index is 2.59. The van der Waals surface area contributed by atoms with Crippen LogP contribution < -0.4 is 0 Å². The smallest absolute Gasteiger partial charge is 0.000139 e. The first kappa shape index (κ1) is 43.2. The minimum Gasteiger partial charge on any atom is -0.0622 e. The molecule has 8 rings (SSSR count). The first-order valence-electron chi connectivity index (χ1n) is 23.3. The first-order valence-corrected chi connectivity index (χ1v) is 23.3. The molecule has 8 aromatic rings. The predicted molar refractivity (Wildman–Crippen MR) is 274 cm³/mol. The first-order chi connectivity index (χ1) is 29.4. The van der Waals surface area contributed by atoms with Crippen LogP contribution >= 0.6 is 0 Å². The van der Waals surface area contributed by atoms with E-state index in [1.54, 1.807) is 0 Å². The molecular formula is C62H68. The molecule has 0 unspecified atom stereocenters. The Morgan fingerprint density at radius 1 is 0.290 bits per heavy atom.